The first-order valence-corrected chi connectivity index (χ1v) is 8.89. The van der Waals surface area contributed by atoms with Crippen molar-refractivity contribution < 1.29 is 0 Å². The Morgan fingerprint density at radius 3 is 2.36 bits per heavy atom. The van der Waals surface area contributed by atoms with Crippen molar-refractivity contribution in [3.8, 4) is 11.3 Å². The summed E-state index contributed by atoms with van der Waals surface area (Å²) in [7, 11) is 0. The minimum absolute atomic E-state index is 0.950. The molecule has 0 spiro atoms. The summed E-state index contributed by atoms with van der Waals surface area (Å²) >= 11 is 1.77. The number of benzene rings is 1. The van der Waals surface area contributed by atoms with E-state index in [0.717, 1.165) is 41.7 Å². The first kappa shape index (κ1) is 17.0. The van der Waals surface area contributed by atoms with Gasteiger partial charge in [-0.15, -0.1) is 22.0 Å². The Morgan fingerprint density at radius 2 is 1.77 bits per heavy atom. The fourth-order valence-electron chi connectivity index (χ4n) is 2.46. The van der Waals surface area contributed by atoms with Crippen LogP contribution in [0.1, 0.15) is 25.0 Å². The minimum Gasteiger partial charge on any atom is -0.303 e. The molecule has 1 heterocycles. The molecule has 0 saturated heterocycles. The molecule has 118 valence electrons. The molecule has 4 heteroatoms. The van der Waals surface area contributed by atoms with Gasteiger partial charge in [0.1, 0.15) is 5.03 Å². The maximum atomic E-state index is 4.39. The molecule has 2 rings (SSSR count). The van der Waals surface area contributed by atoms with Gasteiger partial charge >= 0.3 is 0 Å². The molecule has 2 aromatic rings. The van der Waals surface area contributed by atoms with Gasteiger partial charge in [0.15, 0.2) is 0 Å². The van der Waals surface area contributed by atoms with Crippen LogP contribution < -0.4 is 0 Å². The smallest absolute Gasteiger partial charge is 0.119 e. The number of nitrogens with zero attached hydrogens (tertiary/aromatic N) is 3. The van der Waals surface area contributed by atoms with Crippen molar-refractivity contribution in [2.45, 2.75) is 32.7 Å². The molecule has 0 bridgehead atoms. The summed E-state index contributed by atoms with van der Waals surface area (Å²) in [5, 5.41) is 9.76. The van der Waals surface area contributed by atoms with Crippen LogP contribution >= 0.6 is 11.8 Å². The topological polar surface area (TPSA) is 29.0 Å². The molecule has 0 aliphatic heterocycles. The Bertz CT molecular complexity index is 592. The van der Waals surface area contributed by atoms with Crippen LogP contribution in [0, 0.1) is 13.8 Å². The van der Waals surface area contributed by atoms with Crippen LogP contribution in [0.15, 0.2) is 35.4 Å². The summed E-state index contributed by atoms with van der Waals surface area (Å²) < 4.78 is 0. The third kappa shape index (κ3) is 4.55. The van der Waals surface area contributed by atoms with Crippen LogP contribution in [-0.2, 0) is 0 Å². The predicted molar refractivity (Wildman–Crippen MR) is 95.5 cm³/mol. The molecule has 1 aromatic heterocycles. The van der Waals surface area contributed by atoms with E-state index in [2.05, 4.69) is 73.1 Å². The SMILES string of the molecule is CCN(CC)CCSc1ccc(-c2ccc(C)cc2C)nn1. The summed E-state index contributed by atoms with van der Waals surface area (Å²) in [6.07, 6.45) is 0. The molecular formula is C18H25N3S. The molecule has 22 heavy (non-hydrogen) atoms. The maximum Gasteiger partial charge on any atom is 0.119 e. The van der Waals surface area contributed by atoms with Gasteiger partial charge in [-0.3, -0.25) is 0 Å². The van der Waals surface area contributed by atoms with Gasteiger partial charge in [0.05, 0.1) is 5.69 Å². The Hall–Kier alpha value is -1.39. The van der Waals surface area contributed by atoms with Gasteiger partial charge in [0, 0.05) is 17.9 Å². The number of thioether (sulfide) groups is 1. The van der Waals surface area contributed by atoms with Gasteiger partial charge in [0.2, 0.25) is 0 Å². The van der Waals surface area contributed by atoms with Crippen LogP contribution in [0.2, 0.25) is 0 Å². The molecule has 0 aliphatic rings. The van der Waals surface area contributed by atoms with Crippen molar-refractivity contribution in [1.82, 2.24) is 15.1 Å². The van der Waals surface area contributed by atoms with Crippen LogP contribution in [0.5, 0.6) is 0 Å². The molecular weight excluding hydrogens is 290 g/mol. The van der Waals surface area contributed by atoms with E-state index in [1.54, 1.807) is 11.8 Å². The van der Waals surface area contributed by atoms with Gasteiger partial charge in [0.25, 0.3) is 0 Å². The molecule has 0 radical (unpaired) electrons. The molecule has 0 unspecified atom stereocenters. The standard InChI is InChI=1S/C18H25N3S/c1-5-21(6-2)11-12-22-18-10-9-17(19-20-18)16-8-7-14(3)13-15(16)4/h7-10,13H,5-6,11-12H2,1-4H3. The highest BCUT2D eigenvalue weighted by molar-refractivity contribution is 7.99. The zero-order valence-corrected chi connectivity index (χ0v) is 14.8. The van der Waals surface area contributed by atoms with Crippen LogP contribution in [0.4, 0.5) is 0 Å². The average Bonchev–Trinajstić information content (AvgIpc) is 2.52. The van der Waals surface area contributed by atoms with Crippen LogP contribution in [0.25, 0.3) is 11.3 Å². The molecule has 0 N–H and O–H groups in total. The predicted octanol–water partition coefficient (Wildman–Crippen LogP) is 4.19. The van der Waals surface area contributed by atoms with E-state index >= 15 is 0 Å². The quantitative estimate of drug-likeness (QED) is 0.716. The second kappa shape index (κ2) is 8.30. The summed E-state index contributed by atoms with van der Waals surface area (Å²) in [6.45, 7) is 11.9. The molecule has 0 saturated carbocycles. The normalized spacial score (nSPS) is 11.1. The zero-order chi connectivity index (χ0) is 15.9. The van der Waals surface area contributed by atoms with E-state index in [9.17, 15) is 0 Å². The van der Waals surface area contributed by atoms with Gasteiger partial charge in [-0.1, -0.05) is 37.6 Å². The van der Waals surface area contributed by atoms with Crippen molar-refractivity contribution in [2.75, 3.05) is 25.4 Å². The summed E-state index contributed by atoms with van der Waals surface area (Å²) in [5.74, 6) is 1.05. The average molecular weight is 315 g/mol. The lowest BCUT2D eigenvalue weighted by Crippen LogP contribution is -2.25. The van der Waals surface area contributed by atoms with Gasteiger partial charge in [-0.05, 0) is 44.6 Å². The van der Waals surface area contributed by atoms with Crippen LogP contribution in [0.3, 0.4) is 0 Å². The molecule has 0 aliphatic carbocycles. The molecule has 1 aromatic carbocycles. The Kier molecular flexibility index (Phi) is 6.40. The van der Waals surface area contributed by atoms with Gasteiger partial charge < -0.3 is 4.90 Å². The van der Waals surface area contributed by atoms with Crippen molar-refractivity contribution in [2.24, 2.45) is 0 Å². The van der Waals surface area contributed by atoms with Crippen molar-refractivity contribution in [3.63, 3.8) is 0 Å². The fourth-order valence-corrected chi connectivity index (χ4v) is 3.28. The largest absolute Gasteiger partial charge is 0.303 e. The highest BCUT2D eigenvalue weighted by atomic mass is 32.2. The minimum atomic E-state index is 0.950. The number of rotatable bonds is 7. The molecule has 0 amide bonds. The summed E-state index contributed by atoms with van der Waals surface area (Å²) in [5.41, 5.74) is 4.64. The van der Waals surface area contributed by atoms with Crippen molar-refractivity contribution in [1.29, 1.82) is 0 Å². The number of aryl methyl sites for hydroxylation is 2. The number of hydrogen-bond acceptors (Lipinski definition) is 4. The Labute approximate surface area is 138 Å². The Balaban J connectivity index is 1.98. The van der Waals surface area contributed by atoms with Crippen molar-refractivity contribution in [3.05, 3.63) is 41.5 Å². The van der Waals surface area contributed by atoms with E-state index in [0.29, 0.717) is 0 Å². The third-order valence-corrected chi connectivity index (χ3v) is 4.75. The lowest BCUT2D eigenvalue weighted by atomic mass is 10.0. The lowest BCUT2D eigenvalue weighted by Gasteiger charge is -2.16. The second-order valence-corrected chi connectivity index (χ2v) is 6.57. The first-order chi connectivity index (χ1) is 10.6. The summed E-state index contributed by atoms with van der Waals surface area (Å²) in [4.78, 5) is 2.42. The number of hydrogen-bond donors (Lipinski definition) is 0. The Morgan fingerprint density at radius 1 is 1.00 bits per heavy atom. The summed E-state index contributed by atoms with van der Waals surface area (Å²) in [6, 6.07) is 10.6. The molecule has 3 nitrogen and oxygen atoms in total. The molecule has 0 fully saturated rings. The van der Waals surface area contributed by atoms with Gasteiger partial charge in [-0.25, -0.2) is 0 Å². The third-order valence-electron chi connectivity index (χ3n) is 3.85. The van der Waals surface area contributed by atoms with E-state index in [4.69, 9.17) is 0 Å². The lowest BCUT2D eigenvalue weighted by molar-refractivity contribution is 0.324. The van der Waals surface area contributed by atoms with Gasteiger partial charge in [-0.2, -0.15) is 0 Å². The van der Waals surface area contributed by atoms with E-state index in [1.807, 2.05) is 0 Å². The first-order valence-electron chi connectivity index (χ1n) is 7.90. The fraction of sp³-hybridized carbons (Fsp3) is 0.444. The second-order valence-electron chi connectivity index (χ2n) is 5.45. The van der Waals surface area contributed by atoms with E-state index in [-0.39, 0.29) is 0 Å². The highest BCUT2D eigenvalue weighted by Gasteiger charge is 2.06. The van der Waals surface area contributed by atoms with Crippen LogP contribution in [-0.4, -0.2) is 40.5 Å². The highest BCUT2D eigenvalue weighted by Crippen LogP contribution is 2.23. The van der Waals surface area contributed by atoms with E-state index in [1.165, 1.54) is 11.1 Å². The number of aromatic nitrogens is 2. The monoisotopic (exact) mass is 315 g/mol. The van der Waals surface area contributed by atoms with E-state index < -0.39 is 0 Å². The molecule has 0 atom stereocenters. The zero-order valence-electron chi connectivity index (χ0n) is 14.0. The maximum absolute atomic E-state index is 4.39. The van der Waals surface area contributed by atoms with Crippen molar-refractivity contribution >= 4 is 11.8 Å².